The zero-order valence-electron chi connectivity index (χ0n) is 14.9. The highest BCUT2D eigenvalue weighted by Gasteiger charge is 2.20. The Morgan fingerprint density at radius 1 is 1.12 bits per heavy atom. The third-order valence-electron chi connectivity index (χ3n) is 4.63. The van der Waals surface area contributed by atoms with Crippen molar-refractivity contribution in [1.82, 2.24) is 19.4 Å². The molecule has 0 unspecified atom stereocenters. The topological polar surface area (TPSA) is 53.8 Å². The molecule has 1 aromatic heterocycles. The van der Waals surface area contributed by atoms with Crippen molar-refractivity contribution in [2.24, 2.45) is 0 Å². The van der Waals surface area contributed by atoms with Crippen LogP contribution < -0.4 is 4.74 Å². The van der Waals surface area contributed by atoms with Crippen molar-refractivity contribution in [2.45, 2.75) is 26.1 Å². The first-order valence-electron chi connectivity index (χ1n) is 9.05. The number of aryl methyl sites for hydroxylation is 1. The summed E-state index contributed by atoms with van der Waals surface area (Å²) >= 11 is 0. The average Bonchev–Trinajstić information content (AvgIpc) is 3.10. The smallest absolute Gasteiger partial charge is 0.122 e. The maximum atomic E-state index is 10.2. The van der Waals surface area contributed by atoms with Crippen molar-refractivity contribution in [3.05, 3.63) is 48.5 Å². The first-order valence-corrected chi connectivity index (χ1v) is 9.05. The molecule has 0 aliphatic carbocycles. The number of hydrogen-bond acceptors (Lipinski definition) is 5. The number of rotatable bonds is 8. The quantitative estimate of drug-likeness (QED) is 0.786. The molecule has 6 nitrogen and oxygen atoms in total. The fourth-order valence-corrected chi connectivity index (χ4v) is 3.17. The monoisotopic (exact) mass is 344 g/mol. The third kappa shape index (κ3) is 5.29. The lowest BCUT2D eigenvalue weighted by Crippen LogP contribution is -2.49. The van der Waals surface area contributed by atoms with Crippen LogP contribution in [0.25, 0.3) is 0 Å². The highest BCUT2D eigenvalue weighted by molar-refractivity contribution is 5.20. The maximum absolute atomic E-state index is 10.2. The standard InChI is InChI=1S/C19H28N4O2/c1-2-23-9-8-20-19(23)15-22-12-10-21(11-13-22)14-17(24)16-25-18-6-4-3-5-7-18/h3-9,17,24H,2,10-16H2,1H3/t17-/m0/s1. The minimum absolute atomic E-state index is 0.332. The van der Waals surface area contributed by atoms with Gasteiger partial charge in [0.05, 0.1) is 6.54 Å². The van der Waals surface area contributed by atoms with E-state index in [9.17, 15) is 5.11 Å². The number of imidazole rings is 1. The van der Waals surface area contributed by atoms with Gasteiger partial charge in [-0.05, 0) is 19.1 Å². The van der Waals surface area contributed by atoms with Gasteiger partial charge in [0.1, 0.15) is 24.3 Å². The van der Waals surface area contributed by atoms with Crippen molar-refractivity contribution < 1.29 is 9.84 Å². The summed E-state index contributed by atoms with van der Waals surface area (Å²) in [6.45, 7) is 8.93. The predicted molar refractivity (Wildman–Crippen MR) is 97.6 cm³/mol. The van der Waals surface area contributed by atoms with Gasteiger partial charge in [-0.1, -0.05) is 18.2 Å². The second-order valence-corrected chi connectivity index (χ2v) is 6.48. The fourth-order valence-electron chi connectivity index (χ4n) is 3.17. The first kappa shape index (κ1) is 17.9. The molecule has 0 amide bonds. The lowest BCUT2D eigenvalue weighted by molar-refractivity contribution is 0.0439. The molecule has 1 aliphatic rings. The van der Waals surface area contributed by atoms with Crippen molar-refractivity contribution in [3.8, 4) is 5.75 Å². The molecule has 1 atom stereocenters. The van der Waals surface area contributed by atoms with Gasteiger partial charge < -0.3 is 14.4 Å². The van der Waals surface area contributed by atoms with Gasteiger partial charge >= 0.3 is 0 Å². The van der Waals surface area contributed by atoms with Gasteiger partial charge in [0.25, 0.3) is 0 Å². The minimum Gasteiger partial charge on any atom is -0.491 e. The van der Waals surface area contributed by atoms with E-state index < -0.39 is 6.10 Å². The third-order valence-corrected chi connectivity index (χ3v) is 4.63. The Balaban J connectivity index is 1.37. The number of nitrogens with zero attached hydrogens (tertiary/aromatic N) is 4. The van der Waals surface area contributed by atoms with E-state index >= 15 is 0 Å². The first-order chi connectivity index (χ1) is 12.2. The average molecular weight is 344 g/mol. The summed E-state index contributed by atoms with van der Waals surface area (Å²) in [4.78, 5) is 9.19. The second kappa shape index (κ2) is 8.99. The molecule has 6 heteroatoms. The molecule has 1 fully saturated rings. The Hall–Kier alpha value is -1.89. The maximum Gasteiger partial charge on any atom is 0.122 e. The van der Waals surface area contributed by atoms with Crippen molar-refractivity contribution in [3.63, 3.8) is 0 Å². The van der Waals surface area contributed by atoms with E-state index in [1.165, 1.54) is 0 Å². The molecule has 1 aromatic carbocycles. The van der Waals surface area contributed by atoms with E-state index in [0.717, 1.165) is 50.8 Å². The Morgan fingerprint density at radius 3 is 2.56 bits per heavy atom. The molecule has 2 heterocycles. The molecule has 2 aromatic rings. The van der Waals surface area contributed by atoms with E-state index in [0.29, 0.717) is 13.2 Å². The van der Waals surface area contributed by atoms with Gasteiger partial charge in [0.15, 0.2) is 0 Å². The molecule has 3 rings (SSSR count). The lowest BCUT2D eigenvalue weighted by atomic mass is 10.2. The Kier molecular flexibility index (Phi) is 6.44. The van der Waals surface area contributed by atoms with Gasteiger partial charge in [-0.3, -0.25) is 9.80 Å². The number of β-amino-alcohol motifs (C(OH)–C–C–N with tert-alkyl or cyclic N) is 1. The molecule has 0 saturated carbocycles. The van der Waals surface area contributed by atoms with E-state index in [1.54, 1.807) is 0 Å². The SMILES string of the molecule is CCn1ccnc1CN1CCN(C[C@H](O)COc2ccccc2)CC1. The Morgan fingerprint density at radius 2 is 1.84 bits per heavy atom. The Labute approximate surface area is 149 Å². The number of piperazine rings is 1. The highest BCUT2D eigenvalue weighted by atomic mass is 16.5. The van der Waals surface area contributed by atoms with Gasteiger partial charge in [-0.15, -0.1) is 0 Å². The number of aromatic nitrogens is 2. The summed E-state index contributed by atoms with van der Waals surface area (Å²) in [5, 5.41) is 10.2. The Bertz CT molecular complexity index is 623. The van der Waals surface area contributed by atoms with Crippen molar-refractivity contribution in [1.29, 1.82) is 0 Å². The van der Waals surface area contributed by atoms with Gasteiger partial charge in [0.2, 0.25) is 0 Å². The van der Waals surface area contributed by atoms with Crippen LogP contribution in [0.4, 0.5) is 0 Å². The molecule has 1 N–H and O–H groups in total. The molecule has 1 saturated heterocycles. The van der Waals surface area contributed by atoms with Gasteiger partial charge in [0, 0.05) is 51.7 Å². The summed E-state index contributed by atoms with van der Waals surface area (Å²) in [5.74, 6) is 1.94. The number of benzene rings is 1. The van der Waals surface area contributed by atoms with Crippen LogP contribution in [-0.4, -0.2) is 69.9 Å². The molecule has 0 radical (unpaired) electrons. The summed E-state index contributed by atoms with van der Waals surface area (Å²) in [7, 11) is 0. The fraction of sp³-hybridized carbons (Fsp3) is 0.526. The largest absolute Gasteiger partial charge is 0.491 e. The van der Waals surface area contributed by atoms with E-state index in [2.05, 4.69) is 26.3 Å². The van der Waals surface area contributed by atoms with Crippen LogP contribution >= 0.6 is 0 Å². The van der Waals surface area contributed by atoms with E-state index in [4.69, 9.17) is 4.74 Å². The van der Waals surface area contributed by atoms with Crippen LogP contribution in [0.2, 0.25) is 0 Å². The van der Waals surface area contributed by atoms with Crippen molar-refractivity contribution >= 4 is 0 Å². The van der Waals surface area contributed by atoms with Crippen LogP contribution in [-0.2, 0) is 13.1 Å². The zero-order chi connectivity index (χ0) is 17.5. The van der Waals surface area contributed by atoms with Crippen LogP contribution in [0.15, 0.2) is 42.7 Å². The van der Waals surface area contributed by atoms with E-state index in [1.807, 2.05) is 42.7 Å². The number of aliphatic hydroxyl groups is 1. The van der Waals surface area contributed by atoms with Crippen LogP contribution in [0.3, 0.4) is 0 Å². The van der Waals surface area contributed by atoms with Gasteiger partial charge in [-0.2, -0.15) is 0 Å². The molecular formula is C19H28N4O2. The van der Waals surface area contributed by atoms with E-state index in [-0.39, 0.29) is 0 Å². The summed E-state index contributed by atoms with van der Waals surface area (Å²) in [5.41, 5.74) is 0. The minimum atomic E-state index is -0.467. The number of para-hydroxylation sites is 1. The molecular weight excluding hydrogens is 316 g/mol. The number of aliphatic hydroxyl groups excluding tert-OH is 1. The normalized spacial score (nSPS) is 17.5. The van der Waals surface area contributed by atoms with Crippen LogP contribution in [0, 0.1) is 0 Å². The molecule has 0 bridgehead atoms. The summed E-state index contributed by atoms with van der Waals surface area (Å²) < 4.78 is 7.82. The molecule has 0 spiro atoms. The highest BCUT2D eigenvalue weighted by Crippen LogP contribution is 2.10. The number of ether oxygens (including phenoxy) is 1. The molecule has 136 valence electrons. The number of hydrogen-bond donors (Lipinski definition) is 1. The summed E-state index contributed by atoms with van der Waals surface area (Å²) in [6, 6.07) is 9.64. The van der Waals surface area contributed by atoms with Crippen LogP contribution in [0.5, 0.6) is 5.75 Å². The molecule has 25 heavy (non-hydrogen) atoms. The summed E-state index contributed by atoms with van der Waals surface area (Å²) in [6.07, 6.45) is 3.44. The predicted octanol–water partition coefficient (Wildman–Crippen LogP) is 1.46. The second-order valence-electron chi connectivity index (χ2n) is 6.48. The van der Waals surface area contributed by atoms with Crippen molar-refractivity contribution in [2.75, 3.05) is 39.3 Å². The lowest BCUT2D eigenvalue weighted by Gasteiger charge is -2.35. The molecule has 1 aliphatic heterocycles. The van der Waals surface area contributed by atoms with Gasteiger partial charge in [-0.25, -0.2) is 4.98 Å². The van der Waals surface area contributed by atoms with Crippen LogP contribution in [0.1, 0.15) is 12.7 Å². The zero-order valence-corrected chi connectivity index (χ0v) is 14.9.